The molecule has 0 amide bonds. The van der Waals surface area contributed by atoms with E-state index < -0.39 is 5.60 Å². The molecule has 0 saturated heterocycles. The highest BCUT2D eigenvalue weighted by molar-refractivity contribution is 5.33. The summed E-state index contributed by atoms with van der Waals surface area (Å²) in [6.45, 7) is 3.08. The van der Waals surface area contributed by atoms with Crippen molar-refractivity contribution in [3.05, 3.63) is 35.4 Å². The van der Waals surface area contributed by atoms with Gasteiger partial charge < -0.3 is 15.2 Å². The summed E-state index contributed by atoms with van der Waals surface area (Å²) in [7, 11) is 1.66. The molecule has 3 nitrogen and oxygen atoms in total. The fraction of sp³-hybridized carbons (Fsp3) is 0.600. The van der Waals surface area contributed by atoms with Crippen LogP contribution in [0.25, 0.3) is 0 Å². The van der Waals surface area contributed by atoms with E-state index in [1.165, 1.54) is 11.1 Å². The van der Waals surface area contributed by atoms with Gasteiger partial charge in [-0.3, -0.25) is 0 Å². The molecule has 1 unspecified atom stereocenters. The van der Waals surface area contributed by atoms with Crippen LogP contribution in [0.4, 0.5) is 0 Å². The van der Waals surface area contributed by atoms with Crippen LogP contribution in [0.1, 0.15) is 24.5 Å². The van der Waals surface area contributed by atoms with Gasteiger partial charge in [-0.1, -0.05) is 24.3 Å². The van der Waals surface area contributed by atoms with Crippen molar-refractivity contribution in [1.82, 2.24) is 5.32 Å². The maximum absolute atomic E-state index is 10.2. The lowest BCUT2D eigenvalue weighted by molar-refractivity contribution is 0.0230. The SMILES string of the molecule is COCCC(C)(O)CNC1Cc2ccccc2C1. The van der Waals surface area contributed by atoms with Crippen LogP contribution in [0.3, 0.4) is 0 Å². The topological polar surface area (TPSA) is 41.5 Å². The number of benzene rings is 1. The van der Waals surface area contributed by atoms with Crippen LogP contribution in [-0.4, -0.2) is 37.0 Å². The molecule has 3 heteroatoms. The van der Waals surface area contributed by atoms with Crippen molar-refractivity contribution < 1.29 is 9.84 Å². The molecule has 1 aliphatic carbocycles. The molecule has 1 aliphatic rings. The van der Waals surface area contributed by atoms with E-state index in [0.717, 1.165) is 12.8 Å². The Labute approximate surface area is 109 Å². The lowest BCUT2D eigenvalue weighted by Gasteiger charge is -2.25. The number of fused-ring (bicyclic) bond motifs is 1. The van der Waals surface area contributed by atoms with Gasteiger partial charge in [-0.15, -0.1) is 0 Å². The van der Waals surface area contributed by atoms with E-state index in [1.807, 2.05) is 6.92 Å². The third-order valence-electron chi connectivity index (χ3n) is 3.67. The monoisotopic (exact) mass is 249 g/mol. The minimum atomic E-state index is -0.690. The fourth-order valence-electron chi connectivity index (χ4n) is 2.48. The zero-order valence-electron chi connectivity index (χ0n) is 11.3. The lowest BCUT2D eigenvalue weighted by Crippen LogP contribution is -2.43. The summed E-state index contributed by atoms with van der Waals surface area (Å²) in [4.78, 5) is 0. The summed E-state index contributed by atoms with van der Waals surface area (Å²) in [5, 5.41) is 13.7. The Hall–Kier alpha value is -0.900. The number of hydrogen-bond donors (Lipinski definition) is 2. The molecule has 0 heterocycles. The van der Waals surface area contributed by atoms with Crippen LogP contribution in [0.2, 0.25) is 0 Å². The Bertz CT molecular complexity index is 365. The second-order valence-corrected chi connectivity index (χ2v) is 5.49. The molecule has 100 valence electrons. The van der Waals surface area contributed by atoms with E-state index in [2.05, 4.69) is 29.6 Å². The molecule has 1 aromatic rings. The fourth-order valence-corrected chi connectivity index (χ4v) is 2.48. The highest BCUT2D eigenvalue weighted by atomic mass is 16.5. The predicted octanol–water partition coefficient (Wildman–Crippen LogP) is 1.53. The second kappa shape index (κ2) is 5.83. The Morgan fingerprint density at radius 3 is 2.50 bits per heavy atom. The molecule has 1 aromatic carbocycles. The van der Waals surface area contributed by atoms with Crippen LogP contribution in [0.15, 0.2) is 24.3 Å². The Balaban J connectivity index is 1.80. The van der Waals surface area contributed by atoms with Crippen LogP contribution in [0.5, 0.6) is 0 Å². The van der Waals surface area contributed by atoms with Crippen molar-refractivity contribution in [2.24, 2.45) is 0 Å². The highest BCUT2D eigenvalue weighted by Gasteiger charge is 2.25. The normalized spacial score (nSPS) is 18.6. The van der Waals surface area contributed by atoms with E-state index in [1.54, 1.807) is 7.11 Å². The zero-order chi connectivity index (χ0) is 13.0. The highest BCUT2D eigenvalue weighted by Crippen LogP contribution is 2.22. The Morgan fingerprint density at radius 1 is 1.33 bits per heavy atom. The average Bonchev–Trinajstić information content (AvgIpc) is 2.77. The Kier molecular flexibility index (Phi) is 4.38. The molecule has 0 aliphatic heterocycles. The van der Waals surface area contributed by atoms with Crippen molar-refractivity contribution in [2.45, 2.75) is 37.8 Å². The van der Waals surface area contributed by atoms with E-state index in [0.29, 0.717) is 25.6 Å². The molecule has 0 bridgehead atoms. The minimum Gasteiger partial charge on any atom is -0.389 e. The molecule has 2 N–H and O–H groups in total. The van der Waals surface area contributed by atoms with Gasteiger partial charge in [0, 0.05) is 32.7 Å². The Morgan fingerprint density at radius 2 is 1.94 bits per heavy atom. The molecule has 0 radical (unpaired) electrons. The van der Waals surface area contributed by atoms with Gasteiger partial charge in [-0.05, 0) is 30.9 Å². The van der Waals surface area contributed by atoms with Crippen molar-refractivity contribution in [3.63, 3.8) is 0 Å². The van der Waals surface area contributed by atoms with Crippen LogP contribution >= 0.6 is 0 Å². The maximum Gasteiger partial charge on any atom is 0.0765 e. The molecule has 0 aromatic heterocycles. The summed E-state index contributed by atoms with van der Waals surface area (Å²) in [6, 6.07) is 9.03. The molecule has 0 saturated carbocycles. The smallest absolute Gasteiger partial charge is 0.0765 e. The van der Waals surface area contributed by atoms with E-state index >= 15 is 0 Å². The summed E-state index contributed by atoms with van der Waals surface area (Å²) >= 11 is 0. The molecule has 2 rings (SSSR count). The summed E-state index contributed by atoms with van der Waals surface area (Å²) in [5.41, 5.74) is 2.18. The molecule has 18 heavy (non-hydrogen) atoms. The van der Waals surface area contributed by atoms with Crippen LogP contribution < -0.4 is 5.32 Å². The van der Waals surface area contributed by atoms with Crippen molar-refractivity contribution in [1.29, 1.82) is 0 Å². The third kappa shape index (κ3) is 3.55. The molecular formula is C15H23NO2. The minimum absolute atomic E-state index is 0.455. The first kappa shape index (κ1) is 13.5. The van der Waals surface area contributed by atoms with Crippen LogP contribution in [0, 0.1) is 0 Å². The van der Waals surface area contributed by atoms with Crippen molar-refractivity contribution >= 4 is 0 Å². The predicted molar refractivity (Wildman–Crippen MR) is 72.8 cm³/mol. The van der Waals surface area contributed by atoms with Gasteiger partial charge in [0.15, 0.2) is 0 Å². The summed E-state index contributed by atoms with van der Waals surface area (Å²) in [5.74, 6) is 0. The maximum atomic E-state index is 10.2. The first-order valence-corrected chi connectivity index (χ1v) is 6.62. The first-order valence-electron chi connectivity index (χ1n) is 6.62. The second-order valence-electron chi connectivity index (χ2n) is 5.49. The van der Waals surface area contributed by atoms with Crippen molar-refractivity contribution in [2.75, 3.05) is 20.3 Å². The van der Waals surface area contributed by atoms with Crippen molar-refractivity contribution in [3.8, 4) is 0 Å². The number of methoxy groups -OCH3 is 1. The lowest BCUT2D eigenvalue weighted by atomic mass is 10.0. The van der Waals surface area contributed by atoms with Gasteiger partial charge in [0.05, 0.1) is 5.60 Å². The van der Waals surface area contributed by atoms with Gasteiger partial charge in [-0.25, -0.2) is 0 Å². The van der Waals surface area contributed by atoms with Gasteiger partial charge in [0.2, 0.25) is 0 Å². The molecular weight excluding hydrogens is 226 g/mol. The average molecular weight is 249 g/mol. The van der Waals surface area contributed by atoms with E-state index in [9.17, 15) is 5.11 Å². The van der Waals surface area contributed by atoms with Crippen LogP contribution in [-0.2, 0) is 17.6 Å². The van der Waals surface area contributed by atoms with E-state index in [4.69, 9.17) is 4.74 Å². The first-order chi connectivity index (χ1) is 8.61. The van der Waals surface area contributed by atoms with E-state index in [-0.39, 0.29) is 0 Å². The van der Waals surface area contributed by atoms with Gasteiger partial charge in [0.1, 0.15) is 0 Å². The number of aliphatic hydroxyl groups is 1. The van der Waals surface area contributed by atoms with Gasteiger partial charge in [0.25, 0.3) is 0 Å². The number of ether oxygens (including phenoxy) is 1. The zero-order valence-corrected chi connectivity index (χ0v) is 11.3. The summed E-state index contributed by atoms with van der Waals surface area (Å²) in [6.07, 6.45) is 2.79. The van der Waals surface area contributed by atoms with Gasteiger partial charge in [-0.2, -0.15) is 0 Å². The van der Waals surface area contributed by atoms with Gasteiger partial charge >= 0.3 is 0 Å². The number of nitrogens with one attached hydrogen (secondary N) is 1. The molecule has 0 fully saturated rings. The summed E-state index contributed by atoms with van der Waals surface area (Å²) < 4.78 is 5.01. The third-order valence-corrected chi connectivity index (χ3v) is 3.67. The number of hydrogen-bond acceptors (Lipinski definition) is 3. The largest absolute Gasteiger partial charge is 0.389 e. The number of rotatable bonds is 6. The molecule has 0 spiro atoms. The standard InChI is InChI=1S/C15H23NO2/c1-15(17,7-8-18-2)11-16-14-9-12-5-3-4-6-13(12)10-14/h3-6,14,16-17H,7-11H2,1-2H3. The molecule has 1 atom stereocenters. The quantitative estimate of drug-likeness (QED) is 0.803.